The van der Waals surface area contributed by atoms with Gasteiger partial charge >= 0.3 is 0 Å². The van der Waals surface area contributed by atoms with Gasteiger partial charge in [0.05, 0.1) is 18.3 Å². The zero-order chi connectivity index (χ0) is 13.9. The highest BCUT2D eigenvalue weighted by molar-refractivity contribution is 6.29. The van der Waals surface area contributed by atoms with Gasteiger partial charge < -0.3 is 9.73 Å². The third-order valence-electron chi connectivity index (χ3n) is 2.93. The molecule has 2 aromatic heterocycles. The Kier molecular flexibility index (Phi) is 3.52. The first-order valence-electron chi connectivity index (χ1n) is 6.29. The average Bonchev–Trinajstić information content (AvgIpc) is 2.89. The molecule has 0 amide bonds. The van der Waals surface area contributed by atoms with Gasteiger partial charge in [0, 0.05) is 6.54 Å². The first-order chi connectivity index (χ1) is 9.72. The molecule has 3 aromatic rings. The van der Waals surface area contributed by atoms with E-state index in [-0.39, 0.29) is 5.92 Å². The van der Waals surface area contributed by atoms with E-state index < -0.39 is 0 Å². The molecule has 0 unspecified atom stereocenters. The van der Waals surface area contributed by atoms with E-state index in [4.69, 9.17) is 16.0 Å². The minimum Gasteiger partial charge on any atom is -0.440 e. The largest absolute Gasteiger partial charge is 0.440 e. The Morgan fingerprint density at radius 2 is 2.10 bits per heavy atom. The molecule has 1 aromatic carbocycles. The van der Waals surface area contributed by atoms with Crippen LogP contribution in [0.1, 0.15) is 18.7 Å². The fourth-order valence-electron chi connectivity index (χ4n) is 1.87. The van der Waals surface area contributed by atoms with Crippen LogP contribution in [0.25, 0.3) is 11.1 Å². The maximum atomic E-state index is 5.79. The SMILES string of the molecule is C[C@@H](CNc1cncc(Cl)n1)c1nc2ccccc2o1. The zero-order valence-electron chi connectivity index (χ0n) is 10.9. The lowest BCUT2D eigenvalue weighted by Gasteiger charge is -2.09. The van der Waals surface area contributed by atoms with Crippen molar-refractivity contribution in [1.29, 1.82) is 0 Å². The van der Waals surface area contributed by atoms with Gasteiger partial charge in [-0.25, -0.2) is 9.97 Å². The highest BCUT2D eigenvalue weighted by Gasteiger charge is 2.13. The van der Waals surface area contributed by atoms with Crippen LogP contribution in [-0.4, -0.2) is 21.5 Å². The zero-order valence-corrected chi connectivity index (χ0v) is 11.6. The minimum absolute atomic E-state index is 0.114. The first-order valence-corrected chi connectivity index (χ1v) is 6.67. The molecule has 0 aliphatic heterocycles. The van der Waals surface area contributed by atoms with Gasteiger partial charge in [-0.3, -0.25) is 4.98 Å². The van der Waals surface area contributed by atoms with E-state index in [1.54, 1.807) is 6.20 Å². The molecule has 0 spiro atoms. The van der Waals surface area contributed by atoms with Crippen LogP contribution in [0, 0.1) is 0 Å². The number of rotatable bonds is 4. The summed E-state index contributed by atoms with van der Waals surface area (Å²) >= 11 is 5.79. The minimum atomic E-state index is 0.114. The van der Waals surface area contributed by atoms with Gasteiger partial charge in [-0.15, -0.1) is 0 Å². The van der Waals surface area contributed by atoms with Crippen molar-refractivity contribution in [2.45, 2.75) is 12.8 Å². The number of nitrogens with one attached hydrogen (secondary N) is 1. The molecular weight excluding hydrogens is 276 g/mol. The van der Waals surface area contributed by atoms with E-state index in [1.165, 1.54) is 6.20 Å². The number of benzene rings is 1. The van der Waals surface area contributed by atoms with E-state index in [0.29, 0.717) is 23.4 Å². The third-order valence-corrected chi connectivity index (χ3v) is 3.11. The van der Waals surface area contributed by atoms with Crippen molar-refractivity contribution in [2.75, 3.05) is 11.9 Å². The van der Waals surface area contributed by atoms with Crippen LogP contribution in [0.15, 0.2) is 41.1 Å². The highest BCUT2D eigenvalue weighted by Crippen LogP contribution is 2.21. The molecule has 0 fully saturated rings. The molecule has 5 nitrogen and oxygen atoms in total. The Hall–Kier alpha value is -2.14. The van der Waals surface area contributed by atoms with Crippen molar-refractivity contribution < 1.29 is 4.42 Å². The monoisotopic (exact) mass is 288 g/mol. The van der Waals surface area contributed by atoms with Crippen molar-refractivity contribution in [2.24, 2.45) is 0 Å². The Labute approximate surface area is 121 Å². The molecule has 2 heterocycles. The summed E-state index contributed by atoms with van der Waals surface area (Å²) in [6.07, 6.45) is 3.13. The second-order valence-corrected chi connectivity index (χ2v) is 4.92. The number of para-hydroxylation sites is 2. The fraction of sp³-hybridized carbons (Fsp3) is 0.214. The highest BCUT2D eigenvalue weighted by atomic mass is 35.5. The van der Waals surface area contributed by atoms with Gasteiger partial charge in [-0.2, -0.15) is 0 Å². The number of anilines is 1. The van der Waals surface area contributed by atoms with Gasteiger partial charge in [0.1, 0.15) is 16.5 Å². The van der Waals surface area contributed by atoms with Crippen LogP contribution in [0.4, 0.5) is 5.82 Å². The van der Waals surface area contributed by atoms with Gasteiger partial charge in [-0.1, -0.05) is 30.7 Å². The molecule has 0 radical (unpaired) electrons. The summed E-state index contributed by atoms with van der Waals surface area (Å²) in [5, 5.41) is 3.54. The lowest BCUT2D eigenvalue weighted by atomic mass is 10.2. The summed E-state index contributed by atoms with van der Waals surface area (Å²) in [6, 6.07) is 7.72. The smallest absolute Gasteiger partial charge is 0.200 e. The number of hydrogen-bond donors (Lipinski definition) is 1. The molecule has 6 heteroatoms. The molecule has 1 atom stereocenters. The van der Waals surface area contributed by atoms with Crippen molar-refractivity contribution in [3.8, 4) is 0 Å². The van der Waals surface area contributed by atoms with E-state index in [1.807, 2.05) is 31.2 Å². The predicted molar refractivity (Wildman–Crippen MR) is 78.0 cm³/mol. The van der Waals surface area contributed by atoms with Crippen molar-refractivity contribution in [3.63, 3.8) is 0 Å². The van der Waals surface area contributed by atoms with E-state index in [0.717, 1.165) is 11.1 Å². The number of nitrogens with zero attached hydrogens (tertiary/aromatic N) is 3. The third kappa shape index (κ3) is 2.72. The molecule has 0 saturated heterocycles. The molecule has 102 valence electrons. The van der Waals surface area contributed by atoms with Crippen LogP contribution in [-0.2, 0) is 0 Å². The van der Waals surface area contributed by atoms with Gasteiger partial charge in [0.2, 0.25) is 0 Å². The maximum absolute atomic E-state index is 5.79. The summed E-state index contributed by atoms with van der Waals surface area (Å²) in [5.74, 6) is 1.46. The van der Waals surface area contributed by atoms with Gasteiger partial charge in [0.15, 0.2) is 11.5 Å². The van der Waals surface area contributed by atoms with Crippen molar-refractivity contribution >= 4 is 28.5 Å². The molecule has 0 aliphatic carbocycles. The summed E-state index contributed by atoms with van der Waals surface area (Å²) in [4.78, 5) is 12.6. The number of fused-ring (bicyclic) bond motifs is 1. The maximum Gasteiger partial charge on any atom is 0.200 e. The predicted octanol–water partition coefficient (Wildman–Crippen LogP) is 3.49. The molecular formula is C14H13ClN4O. The number of aromatic nitrogens is 3. The molecule has 0 aliphatic rings. The van der Waals surface area contributed by atoms with Crippen molar-refractivity contribution in [3.05, 3.63) is 47.7 Å². The van der Waals surface area contributed by atoms with Crippen LogP contribution in [0.3, 0.4) is 0 Å². The lowest BCUT2D eigenvalue weighted by Crippen LogP contribution is -2.11. The summed E-state index contributed by atoms with van der Waals surface area (Å²) in [7, 11) is 0. The Morgan fingerprint density at radius 1 is 1.25 bits per heavy atom. The first kappa shape index (κ1) is 12.9. The van der Waals surface area contributed by atoms with E-state index in [2.05, 4.69) is 20.3 Å². The molecule has 0 saturated carbocycles. The van der Waals surface area contributed by atoms with Gasteiger partial charge in [0.25, 0.3) is 0 Å². The van der Waals surface area contributed by atoms with Crippen molar-refractivity contribution in [1.82, 2.24) is 15.0 Å². The number of oxazole rings is 1. The number of hydrogen-bond acceptors (Lipinski definition) is 5. The Bertz CT molecular complexity index is 695. The van der Waals surface area contributed by atoms with Crippen LogP contribution < -0.4 is 5.32 Å². The van der Waals surface area contributed by atoms with Crippen LogP contribution in [0.5, 0.6) is 0 Å². The molecule has 1 N–H and O–H groups in total. The standard InChI is InChI=1S/C14H13ClN4O/c1-9(6-17-13-8-16-7-12(15)19-13)14-18-10-4-2-3-5-11(10)20-14/h2-5,7-9H,6H2,1H3,(H,17,19)/t9-/m0/s1. The summed E-state index contributed by atoms with van der Waals surface area (Å²) in [5.41, 5.74) is 1.67. The normalized spacial score (nSPS) is 12.5. The average molecular weight is 289 g/mol. The lowest BCUT2D eigenvalue weighted by molar-refractivity contribution is 0.494. The second kappa shape index (κ2) is 5.46. The summed E-state index contributed by atoms with van der Waals surface area (Å²) in [6.45, 7) is 2.68. The molecule has 0 bridgehead atoms. The Balaban J connectivity index is 1.71. The quantitative estimate of drug-likeness (QED) is 0.796. The fourth-order valence-corrected chi connectivity index (χ4v) is 2.02. The van der Waals surface area contributed by atoms with Crippen LogP contribution >= 0.6 is 11.6 Å². The Morgan fingerprint density at radius 3 is 2.90 bits per heavy atom. The van der Waals surface area contributed by atoms with Crippen LogP contribution in [0.2, 0.25) is 5.15 Å². The molecule has 20 heavy (non-hydrogen) atoms. The van der Waals surface area contributed by atoms with E-state index in [9.17, 15) is 0 Å². The second-order valence-electron chi connectivity index (χ2n) is 4.53. The summed E-state index contributed by atoms with van der Waals surface area (Å²) < 4.78 is 5.73. The topological polar surface area (TPSA) is 63.8 Å². The molecule has 3 rings (SSSR count). The van der Waals surface area contributed by atoms with Gasteiger partial charge in [-0.05, 0) is 12.1 Å². The number of halogens is 1. The van der Waals surface area contributed by atoms with E-state index >= 15 is 0 Å².